The molecule has 0 saturated carbocycles. The molecule has 0 aliphatic heterocycles. The van der Waals surface area contributed by atoms with Crippen molar-refractivity contribution in [1.82, 2.24) is 14.4 Å². The average Bonchev–Trinajstić information content (AvgIpc) is 2.77. The lowest BCUT2D eigenvalue weighted by Crippen LogP contribution is -2.13. The minimum atomic E-state index is 0.446. The molecule has 0 aliphatic rings. The lowest BCUT2D eigenvalue weighted by Gasteiger charge is -2.04. The Morgan fingerprint density at radius 1 is 1.25 bits per heavy atom. The molecule has 0 radical (unpaired) electrons. The topological polar surface area (TPSA) is 56.2 Å². The first kappa shape index (κ1) is 13.2. The second-order valence-electron chi connectivity index (χ2n) is 4.36. The first-order valence-corrected chi connectivity index (χ1v) is 7.20. The number of nitrogens with two attached hydrogens (primary N) is 1. The van der Waals surface area contributed by atoms with Gasteiger partial charge in [-0.2, -0.15) is 0 Å². The van der Waals surface area contributed by atoms with Crippen molar-refractivity contribution in [2.45, 2.75) is 6.42 Å². The van der Waals surface area contributed by atoms with E-state index in [4.69, 9.17) is 18.0 Å². The zero-order valence-electron chi connectivity index (χ0n) is 10.5. The van der Waals surface area contributed by atoms with Crippen LogP contribution in [0.2, 0.25) is 0 Å². The van der Waals surface area contributed by atoms with Crippen LogP contribution < -0.4 is 5.73 Å². The zero-order valence-corrected chi connectivity index (χ0v) is 12.9. The van der Waals surface area contributed by atoms with Gasteiger partial charge in [0.05, 0.1) is 16.4 Å². The van der Waals surface area contributed by atoms with Gasteiger partial charge >= 0.3 is 0 Å². The zero-order chi connectivity index (χ0) is 14.1. The average molecular weight is 347 g/mol. The van der Waals surface area contributed by atoms with E-state index in [9.17, 15) is 0 Å². The van der Waals surface area contributed by atoms with Crippen LogP contribution in [0.5, 0.6) is 0 Å². The number of nitrogens with zero attached hydrogens (tertiary/aromatic N) is 3. The Labute approximate surface area is 129 Å². The number of hydrogen-bond donors (Lipinski definition) is 1. The van der Waals surface area contributed by atoms with E-state index < -0.39 is 0 Å². The SMILES string of the molecule is NC(=S)Cc1c(-c2ccncc2)nc2ccc(Br)cn12. The van der Waals surface area contributed by atoms with Gasteiger partial charge < -0.3 is 10.1 Å². The maximum Gasteiger partial charge on any atom is 0.137 e. The number of fused-ring (bicyclic) bond motifs is 1. The highest BCUT2D eigenvalue weighted by Crippen LogP contribution is 2.25. The quantitative estimate of drug-likeness (QED) is 0.740. The van der Waals surface area contributed by atoms with Gasteiger partial charge in [-0.05, 0) is 40.2 Å². The molecule has 3 rings (SSSR count). The first-order chi connectivity index (χ1) is 9.65. The predicted octanol–water partition coefficient (Wildman–Crippen LogP) is 2.99. The lowest BCUT2D eigenvalue weighted by molar-refractivity contribution is 1.07. The van der Waals surface area contributed by atoms with Crippen molar-refractivity contribution in [3.63, 3.8) is 0 Å². The molecule has 3 heterocycles. The normalized spacial score (nSPS) is 10.8. The summed E-state index contributed by atoms with van der Waals surface area (Å²) >= 11 is 8.54. The van der Waals surface area contributed by atoms with E-state index in [1.165, 1.54) is 0 Å². The van der Waals surface area contributed by atoms with Gasteiger partial charge in [0.1, 0.15) is 5.65 Å². The molecule has 0 atom stereocenters. The summed E-state index contributed by atoms with van der Waals surface area (Å²) in [6.45, 7) is 0. The van der Waals surface area contributed by atoms with Gasteiger partial charge in [0, 0.05) is 35.0 Å². The highest BCUT2D eigenvalue weighted by Gasteiger charge is 2.14. The van der Waals surface area contributed by atoms with E-state index in [0.29, 0.717) is 11.4 Å². The Balaban J connectivity index is 2.28. The van der Waals surface area contributed by atoms with Gasteiger partial charge in [-0.3, -0.25) is 4.98 Å². The summed E-state index contributed by atoms with van der Waals surface area (Å²) in [7, 11) is 0. The molecule has 0 fully saturated rings. The smallest absolute Gasteiger partial charge is 0.137 e. The van der Waals surface area contributed by atoms with Crippen molar-refractivity contribution >= 4 is 38.8 Å². The van der Waals surface area contributed by atoms with Gasteiger partial charge in [0.15, 0.2) is 0 Å². The number of aromatic nitrogens is 3. The minimum Gasteiger partial charge on any atom is -0.393 e. The largest absolute Gasteiger partial charge is 0.393 e. The number of imidazole rings is 1. The third-order valence-electron chi connectivity index (χ3n) is 2.98. The van der Waals surface area contributed by atoms with Gasteiger partial charge in [-0.1, -0.05) is 12.2 Å². The highest BCUT2D eigenvalue weighted by atomic mass is 79.9. The van der Waals surface area contributed by atoms with Crippen LogP contribution in [0.25, 0.3) is 16.9 Å². The Hall–Kier alpha value is -1.79. The van der Waals surface area contributed by atoms with Crippen molar-refractivity contribution in [2.24, 2.45) is 5.73 Å². The van der Waals surface area contributed by atoms with Crippen molar-refractivity contribution in [3.05, 3.63) is 53.0 Å². The second kappa shape index (κ2) is 5.30. The summed E-state index contributed by atoms with van der Waals surface area (Å²) in [4.78, 5) is 9.16. The monoisotopic (exact) mass is 346 g/mol. The van der Waals surface area contributed by atoms with Crippen LogP contribution >= 0.6 is 28.1 Å². The van der Waals surface area contributed by atoms with E-state index >= 15 is 0 Å². The number of hydrogen-bond acceptors (Lipinski definition) is 3. The number of rotatable bonds is 3. The summed E-state index contributed by atoms with van der Waals surface area (Å²) in [5.74, 6) is 0. The molecule has 2 N–H and O–H groups in total. The van der Waals surface area contributed by atoms with Crippen molar-refractivity contribution in [1.29, 1.82) is 0 Å². The fourth-order valence-corrected chi connectivity index (χ4v) is 2.62. The molecular weight excluding hydrogens is 336 g/mol. The van der Waals surface area contributed by atoms with E-state index in [1.807, 2.05) is 34.9 Å². The van der Waals surface area contributed by atoms with Crippen LogP contribution in [-0.4, -0.2) is 19.4 Å². The molecule has 6 heteroatoms. The van der Waals surface area contributed by atoms with Crippen LogP contribution in [0.15, 0.2) is 47.3 Å². The second-order valence-corrected chi connectivity index (χ2v) is 5.80. The number of halogens is 1. The standard InChI is InChI=1S/C14H11BrN4S/c15-10-1-2-13-18-14(9-3-5-17-6-4-9)11(7-12(16)20)19(13)8-10/h1-6,8H,7H2,(H2,16,20). The molecule has 0 saturated heterocycles. The van der Waals surface area contributed by atoms with Gasteiger partial charge in [0.2, 0.25) is 0 Å². The van der Waals surface area contributed by atoms with Crippen LogP contribution in [0.4, 0.5) is 0 Å². The van der Waals surface area contributed by atoms with Crippen molar-refractivity contribution in [3.8, 4) is 11.3 Å². The van der Waals surface area contributed by atoms with Gasteiger partial charge in [0.25, 0.3) is 0 Å². The third-order valence-corrected chi connectivity index (χ3v) is 3.59. The summed E-state index contributed by atoms with van der Waals surface area (Å²) in [6.07, 6.45) is 5.98. The maximum atomic E-state index is 5.73. The lowest BCUT2D eigenvalue weighted by atomic mass is 10.1. The molecule has 3 aromatic heterocycles. The van der Waals surface area contributed by atoms with Crippen LogP contribution in [0.1, 0.15) is 5.69 Å². The van der Waals surface area contributed by atoms with Gasteiger partial charge in [-0.25, -0.2) is 4.98 Å². The molecule has 20 heavy (non-hydrogen) atoms. The summed E-state index contributed by atoms with van der Waals surface area (Å²) in [5, 5.41) is 0. The predicted molar refractivity (Wildman–Crippen MR) is 86.6 cm³/mol. The maximum absolute atomic E-state index is 5.73. The van der Waals surface area contributed by atoms with Gasteiger partial charge in [-0.15, -0.1) is 0 Å². The van der Waals surface area contributed by atoms with Crippen LogP contribution in [0, 0.1) is 0 Å². The molecular formula is C14H11BrN4S. The third kappa shape index (κ3) is 2.44. The van der Waals surface area contributed by atoms with E-state index in [1.54, 1.807) is 12.4 Å². The van der Waals surface area contributed by atoms with E-state index in [2.05, 4.69) is 25.9 Å². The van der Waals surface area contributed by atoms with E-state index in [0.717, 1.165) is 27.1 Å². The van der Waals surface area contributed by atoms with Crippen molar-refractivity contribution < 1.29 is 0 Å². The Morgan fingerprint density at radius 3 is 2.70 bits per heavy atom. The molecule has 0 unspecified atom stereocenters. The molecule has 100 valence electrons. The Kier molecular flexibility index (Phi) is 3.50. The van der Waals surface area contributed by atoms with Crippen LogP contribution in [-0.2, 0) is 6.42 Å². The first-order valence-electron chi connectivity index (χ1n) is 6.00. The molecule has 0 bridgehead atoms. The molecule has 0 aliphatic carbocycles. The molecule has 0 amide bonds. The summed E-state index contributed by atoms with van der Waals surface area (Å²) in [5.41, 5.74) is 9.47. The molecule has 0 aromatic carbocycles. The molecule has 3 aromatic rings. The number of pyridine rings is 2. The highest BCUT2D eigenvalue weighted by molar-refractivity contribution is 9.10. The Morgan fingerprint density at radius 2 is 2.00 bits per heavy atom. The molecule has 0 spiro atoms. The van der Waals surface area contributed by atoms with Crippen molar-refractivity contribution in [2.75, 3.05) is 0 Å². The minimum absolute atomic E-state index is 0.446. The summed E-state index contributed by atoms with van der Waals surface area (Å²) < 4.78 is 2.99. The van der Waals surface area contributed by atoms with Crippen LogP contribution in [0.3, 0.4) is 0 Å². The van der Waals surface area contributed by atoms with E-state index in [-0.39, 0.29) is 0 Å². The number of thiocarbonyl (C=S) groups is 1. The summed E-state index contributed by atoms with van der Waals surface area (Å²) in [6, 6.07) is 7.78. The fourth-order valence-electron chi connectivity index (χ4n) is 2.14. The fraction of sp³-hybridized carbons (Fsp3) is 0.0714. The molecule has 4 nitrogen and oxygen atoms in total. The Bertz CT molecular complexity index is 782.